The summed E-state index contributed by atoms with van der Waals surface area (Å²) in [4.78, 5) is 4.75. The average molecular weight is 505 g/mol. The van der Waals surface area contributed by atoms with Crippen LogP contribution in [0.2, 0.25) is 0 Å². The van der Waals surface area contributed by atoms with Crippen molar-refractivity contribution in [1.82, 2.24) is 10.6 Å². The number of ether oxygens (including phenoxy) is 2. The lowest BCUT2D eigenvalue weighted by Crippen LogP contribution is -2.41. The molecule has 0 radical (unpaired) electrons. The van der Waals surface area contributed by atoms with E-state index in [0.29, 0.717) is 32.3 Å². The number of aliphatic hydroxyl groups is 1. The quantitative estimate of drug-likeness (QED) is 0.245. The number of hydrogen-bond donors (Lipinski definition) is 3. The van der Waals surface area contributed by atoms with Crippen molar-refractivity contribution in [2.45, 2.75) is 33.3 Å². The van der Waals surface area contributed by atoms with E-state index in [1.54, 1.807) is 0 Å². The first kappa shape index (κ1) is 25.1. The fraction of sp³-hybridized carbons (Fsp3) is 0.667. The van der Waals surface area contributed by atoms with Gasteiger partial charge in [0.15, 0.2) is 5.96 Å². The third kappa shape index (κ3) is 9.07. The first-order chi connectivity index (χ1) is 13.2. The topological polar surface area (TPSA) is 75.1 Å². The maximum absolute atomic E-state index is 9.35. The SMILES string of the molecule is CCNC(=NCC1(CCO)CCOC1)NCC(C)COCc1ccccc1.I. The zero-order chi connectivity index (χ0) is 19.4. The minimum absolute atomic E-state index is 0. The van der Waals surface area contributed by atoms with E-state index in [0.717, 1.165) is 38.5 Å². The summed E-state index contributed by atoms with van der Waals surface area (Å²) in [6.45, 7) is 9.46. The molecule has 0 aliphatic carbocycles. The summed E-state index contributed by atoms with van der Waals surface area (Å²) in [5, 5.41) is 16.1. The van der Waals surface area contributed by atoms with E-state index in [1.807, 2.05) is 18.2 Å². The number of aliphatic imine (C=N–C) groups is 1. The Bertz CT molecular complexity index is 551. The highest BCUT2D eigenvalue weighted by Crippen LogP contribution is 2.32. The highest BCUT2D eigenvalue weighted by Gasteiger charge is 2.34. The highest BCUT2D eigenvalue weighted by atomic mass is 127. The number of benzene rings is 1. The van der Waals surface area contributed by atoms with Crippen LogP contribution in [0.25, 0.3) is 0 Å². The molecule has 2 atom stereocenters. The predicted octanol–water partition coefficient (Wildman–Crippen LogP) is 2.80. The van der Waals surface area contributed by atoms with Gasteiger partial charge >= 0.3 is 0 Å². The smallest absolute Gasteiger partial charge is 0.191 e. The van der Waals surface area contributed by atoms with Gasteiger partial charge in [-0.1, -0.05) is 37.3 Å². The minimum atomic E-state index is -0.0263. The number of halogens is 1. The molecule has 0 saturated carbocycles. The fourth-order valence-electron chi connectivity index (χ4n) is 3.16. The van der Waals surface area contributed by atoms with Gasteiger partial charge in [-0.2, -0.15) is 0 Å². The second-order valence-electron chi connectivity index (χ2n) is 7.46. The number of guanidine groups is 1. The van der Waals surface area contributed by atoms with Crippen molar-refractivity contribution in [3.63, 3.8) is 0 Å². The Balaban J connectivity index is 0.00000392. The molecule has 2 rings (SSSR count). The zero-order valence-corrected chi connectivity index (χ0v) is 19.5. The van der Waals surface area contributed by atoms with Gasteiger partial charge in [-0.05, 0) is 31.2 Å². The summed E-state index contributed by atoms with van der Waals surface area (Å²) >= 11 is 0. The molecule has 160 valence electrons. The number of nitrogens with zero attached hydrogens (tertiary/aromatic N) is 1. The largest absolute Gasteiger partial charge is 0.396 e. The number of aliphatic hydroxyl groups excluding tert-OH is 1. The van der Waals surface area contributed by atoms with Crippen LogP contribution in [0.15, 0.2) is 35.3 Å². The monoisotopic (exact) mass is 505 g/mol. The van der Waals surface area contributed by atoms with Crippen LogP contribution in [0.5, 0.6) is 0 Å². The molecule has 28 heavy (non-hydrogen) atoms. The van der Waals surface area contributed by atoms with Crippen LogP contribution in [-0.4, -0.2) is 57.1 Å². The van der Waals surface area contributed by atoms with E-state index < -0.39 is 0 Å². The molecular formula is C21H36IN3O3. The third-order valence-electron chi connectivity index (χ3n) is 4.88. The lowest BCUT2D eigenvalue weighted by Gasteiger charge is -2.25. The van der Waals surface area contributed by atoms with E-state index in [2.05, 4.69) is 36.6 Å². The Hall–Kier alpha value is -0.900. The van der Waals surface area contributed by atoms with Crippen molar-refractivity contribution in [2.75, 3.05) is 46.1 Å². The van der Waals surface area contributed by atoms with Gasteiger partial charge in [0.25, 0.3) is 0 Å². The maximum Gasteiger partial charge on any atom is 0.191 e. The van der Waals surface area contributed by atoms with Crippen LogP contribution in [-0.2, 0) is 16.1 Å². The van der Waals surface area contributed by atoms with E-state index in [-0.39, 0.29) is 36.0 Å². The molecule has 3 N–H and O–H groups in total. The van der Waals surface area contributed by atoms with Gasteiger partial charge in [0.05, 0.1) is 26.4 Å². The van der Waals surface area contributed by atoms with E-state index in [4.69, 9.17) is 14.5 Å². The third-order valence-corrected chi connectivity index (χ3v) is 4.88. The van der Waals surface area contributed by atoms with Gasteiger partial charge in [0.1, 0.15) is 0 Å². The van der Waals surface area contributed by atoms with Crippen molar-refractivity contribution in [3.05, 3.63) is 35.9 Å². The van der Waals surface area contributed by atoms with Crippen LogP contribution in [0, 0.1) is 11.3 Å². The summed E-state index contributed by atoms with van der Waals surface area (Å²) in [5.41, 5.74) is 1.17. The van der Waals surface area contributed by atoms with Crippen molar-refractivity contribution in [3.8, 4) is 0 Å². The van der Waals surface area contributed by atoms with Crippen molar-refractivity contribution in [2.24, 2.45) is 16.3 Å². The Morgan fingerprint density at radius 2 is 2.11 bits per heavy atom. The molecule has 1 aliphatic heterocycles. The van der Waals surface area contributed by atoms with Crippen molar-refractivity contribution < 1.29 is 14.6 Å². The summed E-state index contributed by atoms with van der Waals surface area (Å²) in [6, 6.07) is 10.2. The van der Waals surface area contributed by atoms with E-state index in [1.165, 1.54) is 5.56 Å². The van der Waals surface area contributed by atoms with Gasteiger partial charge in [-0.3, -0.25) is 4.99 Å². The Morgan fingerprint density at radius 3 is 2.75 bits per heavy atom. The molecule has 1 aromatic rings. The first-order valence-corrected chi connectivity index (χ1v) is 10.00. The van der Waals surface area contributed by atoms with E-state index >= 15 is 0 Å². The summed E-state index contributed by atoms with van der Waals surface area (Å²) in [6.07, 6.45) is 1.69. The van der Waals surface area contributed by atoms with Gasteiger partial charge in [-0.25, -0.2) is 0 Å². The molecule has 0 spiro atoms. The van der Waals surface area contributed by atoms with Gasteiger partial charge in [0.2, 0.25) is 0 Å². The predicted molar refractivity (Wildman–Crippen MR) is 124 cm³/mol. The summed E-state index contributed by atoms with van der Waals surface area (Å²) in [7, 11) is 0. The zero-order valence-electron chi connectivity index (χ0n) is 17.2. The molecule has 1 heterocycles. The second kappa shape index (κ2) is 14.1. The number of hydrogen-bond acceptors (Lipinski definition) is 4. The second-order valence-corrected chi connectivity index (χ2v) is 7.46. The molecule has 1 fully saturated rings. The molecule has 6 nitrogen and oxygen atoms in total. The number of nitrogens with one attached hydrogen (secondary N) is 2. The van der Waals surface area contributed by atoms with Crippen LogP contribution in [0.4, 0.5) is 0 Å². The molecule has 2 unspecified atom stereocenters. The lowest BCUT2D eigenvalue weighted by molar-refractivity contribution is 0.0931. The highest BCUT2D eigenvalue weighted by molar-refractivity contribution is 14.0. The summed E-state index contributed by atoms with van der Waals surface area (Å²) < 4.78 is 11.4. The van der Waals surface area contributed by atoms with Crippen LogP contribution < -0.4 is 10.6 Å². The Kier molecular flexibility index (Phi) is 12.7. The molecule has 1 aliphatic rings. The van der Waals surface area contributed by atoms with Crippen LogP contribution >= 0.6 is 24.0 Å². The molecule has 0 amide bonds. The maximum atomic E-state index is 9.35. The van der Waals surface area contributed by atoms with Crippen LogP contribution in [0.1, 0.15) is 32.3 Å². The molecule has 1 saturated heterocycles. The Morgan fingerprint density at radius 1 is 1.32 bits per heavy atom. The van der Waals surface area contributed by atoms with Gasteiger partial charge < -0.3 is 25.2 Å². The van der Waals surface area contributed by atoms with E-state index in [9.17, 15) is 5.11 Å². The first-order valence-electron chi connectivity index (χ1n) is 10.00. The lowest BCUT2D eigenvalue weighted by atomic mass is 9.84. The van der Waals surface area contributed by atoms with Gasteiger partial charge in [-0.15, -0.1) is 24.0 Å². The summed E-state index contributed by atoms with van der Waals surface area (Å²) in [5.74, 6) is 1.19. The minimum Gasteiger partial charge on any atom is -0.396 e. The molecule has 0 bridgehead atoms. The standard InChI is InChI=1S/C21H35N3O3.HI/c1-3-22-20(24-16-21(9-11-25)10-12-26-17-21)23-13-18(2)14-27-15-19-7-5-4-6-8-19;/h4-8,18,25H,3,9-17H2,1-2H3,(H2,22,23,24);1H. The average Bonchev–Trinajstić information content (AvgIpc) is 3.14. The molecule has 1 aromatic carbocycles. The molecule has 7 heteroatoms. The van der Waals surface area contributed by atoms with Gasteiger partial charge in [0, 0.05) is 31.7 Å². The Labute approximate surface area is 186 Å². The molecule has 0 aromatic heterocycles. The fourth-order valence-corrected chi connectivity index (χ4v) is 3.16. The van der Waals surface area contributed by atoms with Crippen molar-refractivity contribution >= 4 is 29.9 Å². The molecular weight excluding hydrogens is 469 g/mol. The number of rotatable bonds is 11. The normalized spacial score (nSPS) is 20.5. The van der Waals surface area contributed by atoms with Crippen LogP contribution in [0.3, 0.4) is 0 Å². The van der Waals surface area contributed by atoms with Crippen molar-refractivity contribution in [1.29, 1.82) is 0 Å².